The van der Waals surface area contributed by atoms with Gasteiger partial charge in [-0.15, -0.1) is 0 Å². The van der Waals surface area contributed by atoms with Crippen molar-refractivity contribution in [2.24, 2.45) is 11.3 Å². The zero-order valence-corrected chi connectivity index (χ0v) is 19.3. The maximum Gasteiger partial charge on any atom is 0.257 e. The van der Waals surface area contributed by atoms with Crippen molar-refractivity contribution >= 4 is 11.8 Å². The number of benzene rings is 1. The van der Waals surface area contributed by atoms with Gasteiger partial charge in [0.15, 0.2) is 5.82 Å². The summed E-state index contributed by atoms with van der Waals surface area (Å²) in [6.45, 7) is 12.4. The lowest BCUT2D eigenvalue weighted by molar-refractivity contribution is -0.142. The van der Waals surface area contributed by atoms with Crippen LogP contribution in [0.5, 0.6) is 0 Å². The third-order valence-corrected chi connectivity index (χ3v) is 5.58. The van der Waals surface area contributed by atoms with Gasteiger partial charge in [-0.1, -0.05) is 51.1 Å². The van der Waals surface area contributed by atoms with Crippen molar-refractivity contribution in [2.75, 3.05) is 19.6 Å². The monoisotopic (exact) mass is 426 g/mol. The van der Waals surface area contributed by atoms with Gasteiger partial charge < -0.3 is 14.3 Å². The molecule has 0 radical (unpaired) electrons. The van der Waals surface area contributed by atoms with E-state index in [-0.39, 0.29) is 29.7 Å². The summed E-state index contributed by atoms with van der Waals surface area (Å²) in [4.78, 5) is 33.6. The maximum atomic E-state index is 12.8. The third-order valence-electron chi connectivity index (χ3n) is 5.58. The molecule has 31 heavy (non-hydrogen) atoms. The fourth-order valence-corrected chi connectivity index (χ4v) is 4.36. The van der Waals surface area contributed by atoms with Crippen molar-refractivity contribution in [1.29, 1.82) is 0 Å². The van der Waals surface area contributed by atoms with E-state index in [2.05, 4.69) is 37.8 Å². The van der Waals surface area contributed by atoms with Crippen molar-refractivity contribution in [2.45, 2.75) is 59.9 Å². The van der Waals surface area contributed by atoms with E-state index in [1.165, 1.54) is 0 Å². The minimum Gasteiger partial charge on any atom is -0.338 e. The number of carbonyl (C=O) groups is 2. The van der Waals surface area contributed by atoms with Gasteiger partial charge in [0.1, 0.15) is 0 Å². The van der Waals surface area contributed by atoms with Gasteiger partial charge in [0.05, 0.1) is 6.42 Å². The van der Waals surface area contributed by atoms with Crippen molar-refractivity contribution in [3.8, 4) is 11.5 Å². The van der Waals surface area contributed by atoms with Gasteiger partial charge in [-0.2, -0.15) is 4.98 Å². The van der Waals surface area contributed by atoms with Crippen LogP contribution in [0.3, 0.4) is 0 Å². The van der Waals surface area contributed by atoms with Crippen LogP contribution in [0.15, 0.2) is 34.9 Å². The Kier molecular flexibility index (Phi) is 7.13. The normalized spacial score (nSPS) is 18.2. The zero-order valence-electron chi connectivity index (χ0n) is 19.3. The first kappa shape index (κ1) is 23.0. The van der Waals surface area contributed by atoms with Gasteiger partial charge in [-0.05, 0) is 36.8 Å². The molecular weight excluding hydrogens is 392 g/mol. The first-order chi connectivity index (χ1) is 14.6. The van der Waals surface area contributed by atoms with E-state index in [0.29, 0.717) is 43.7 Å². The summed E-state index contributed by atoms with van der Waals surface area (Å²) in [6, 6.07) is 9.49. The fourth-order valence-electron chi connectivity index (χ4n) is 4.36. The first-order valence-electron chi connectivity index (χ1n) is 11.1. The van der Waals surface area contributed by atoms with Crippen molar-refractivity contribution < 1.29 is 14.1 Å². The van der Waals surface area contributed by atoms with Gasteiger partial charge >= 0.3 is 0 Å². The molecular formula is C24H34N4O3. The van der Waals surface area contributed by atoms with E-state index in [0.717, 1.165) is 12.0 Å². The van der Waals surface area contributed by atoms with Crippen LogP contribution in [0.2, 0.25) is 0 Å². The molecule has 1 aromatic carbocycles. The number of hydrogen-bond donors (Lipinski definition) is 0. The number of rotatable bonds is 6. The fraction of sp³-hybridized carbons (Fsp3) is 0.583. The molecule has 2 heterocycles. The highest BCUT2D eigenvalue weighted by atomic mass is 16.5. The number of carbonyl (C=O) groups excluding carboxylic acids is 2. The molecule has 2 aromatic rings. The summed E-state index contributed by atoms with van der Waals surface area (Å²) in [6.07, 6.45) is 1.67. The van der Waals surface area contributed by atoms with Crippen molar-refractivity contribution in [3.63, 3.8) is 0 Å². The molecule has 1 aromatic heterocycles. The molecule has 0 N–H and O–H groups in total. The van der Waals surface area contributed by atoms with Gasteiger partial charge in [-0.25, -0.2) is 0 Å². The third kappa shape index (κ3) is 6.39. The Morgan fingerprint density at radius 3 is 2.52 bits per heavy atom. The van der Waals surface area contributed by atoms with Crippen molar-refractivity contribution in [1.82, 2.24) is 19.9 Å². The number of piperazine rings is 1. The molecule has 2 atom stereocenters. The van der Waals surface area contributed by atoms with Crippen molar-refractivity contribution in [3.05, 3.63) is 36.2 Å². The number of amides is 2. The quantitative estimate of drug-likeness (QED) is 0.702. The van der Waals surface area contributed by atoms with Crippen LogP contribution >= 0.6 is 0 Å². The molecule has 0 bridgehead atoms. The summed E-state index contributed by atoms with van der Waals surface area (Å²) in [5, 5.41) is 3.95. The number of aromatic nitrogens is 2. The predicted octanol–water partition coefficient (Wildman–Crippen LogP) is 3.80. The molecule has 0 spiro atoms. The maximum absolute atomic E-state index is 12.8. The van der Waals surface area contributed by atoms with Crippen LogP contribution in [0.4, 0.5) is 0 Å². The first-order valence-corrected chi connectivity index (χ1v) is 11.1. The zero-order chi connectivity index (χ0) is 22.6. The lowest BCUT2D eigenvalue weighted by Crippen LogP contribution is -2.55. The molecule has 168 valence electrons. The summed E-state index contributed by atoms with van der Waals surface area (Å²) in [5.41, 5.74) is 1.04. The lowest BCUT2D eigenvalue weighted by atomic mass is 9.84. The van der Waals surface area contributed by atoms with Gasteiger partial charge in [0.2, 0.25) is 11.8 Å². The summed E-state index contributed by atoms with van der Waals surface area (Å²) in [5.74, 6) is 1.28. The topological polar surface area (TPSA) is 79.5 Å². The molecule has 3 rings (SSSR count). The van der Waals surface area contributed by atoms with Crippen LogP contribution in [0.1, 0.15) is 53.3 Å². The van der Waals surface area contributed by atoms with Crippen LogP contribution in [-0.4, -0.2) is 57.4 Å². The average molecular weight is 427 g/mol. The minimum absolute atomic E-state index is 0.00261. The molecule has 1 saturated heterocycles. The standard InChI is InChI=1S/C24H34N4O3/c1-17(15-24(3,4)5)13-22(30)28-12-11-27(16-18(28)2)21(29)14-20-25-23(31-26-20)19-9-7-6-8-10-19/h6-10,17-18H,11-16H2,1-5H3/t17-,18-/m1/s1. The molecule has 0 unspecified atom stereocenters. The molecule has 0 saturated carbocycles. The van der Waals surface area contributed by atoms with E-state index in [9.17, 15) is 9.59 Å². The van der Waals surface area contributed by atoms with E-state index >= 15 is 0 Å². The Morgan fingerprint density at radius 1 is 1.16 bits per heavy atom. The highest BCUT2D eigenvalue weighted by Crippen LogP contribution is 2.27. The second kappa shape index (κ2) is 9.62. The second-order valence-corrected chi connectivity index (χ2v) is 9.91. The molecule has 7 nitrogen and oxygen atoms in total. The van der Waals surface area contributed by atoms with Crippen LogP contribution in [0.25, 0.3) is 11.5 Å². The largest absolute Gasteiger partial charge is 0.338 e. The molecule has 0 aliphatic carbocycles. The second-order valence-electron chi connectivity index (χ2n) is 9.91. The highest BCUT2D eigenvalue weighted by Gasteiger charge is 2.31. The Hall–Kier alpha value is -2.70. The molecule has 2 amide bonds. The van der Waals surface area contributed by atoms with E-state index < -0.39 is 0 Å². The molecule has 1 aliphatic rings. The molecule has 7 heteroatoms. The summed E-state index contributed by atoms with van der Waals surface area (Å²) in [7, 11) is 0. The Labute approximate surface area is 184 Å². The highest BCUT2D eigenvalue weighted by molar-refractivity contribution is 5.80. The number of hydrogen-bond acceptors (Lipinski definition) is 5. The molecule has 1 fully saturated rings. The predicted molar refractivity (Wildman–Crippen MR) is 119 cm³/mol. The minimum atomic E-state index is -0.0412. The molecule has 1 aliphatic heterocycles. The average Bonchev–Trinajstić information content (AvgIpc) is 3.15. The SMILES string of the molecule is C[C@H](CC(=O)N1CCN(C(=O)Cc2noc(-c3ccccc3)n2)C[C@H]1C)CC(C)(C)C. The summed E-state index contributed by atoms with van der Waals surface area (Å²) < 4.78 is 5.30. The van der Waals surface area contributed by atoms with Crippen LogP contribution in [0, 0.1) is 11.3 Å². The Balaban J connectivity index is 1.52. The van der Waals surface area contributed by atoms with E-state index in [1.54, 1.807) is 4.90 Å². The summed E-state index contributed by atoms with van der Waals surface area (Å²) >= 11 is 0. The number of nitrogens with zero attached hydrogens (tertiary/aromatic N) is 4. The van der Waals surface area contributed by atoms with Gasteiger partial charge in [-0.3, -0.25) is 9.59 Å². The van der Waals surface area contributed by atoms with E-state index in [1.807, 2.05) is 42.2 Å². The van der Waals surface area contributed by atoms with E-state index in [4.69, 9.17) is 4.52 Å². The van der Waals surface area contributed by atoms with Gasteiger partial charge in [0, 0.05) is 37.7 Å². The van der Waals surface area contributed by atoms with Crippen LogP contribution in [-0.2, 0) is 16.0 Å². The van der Waals surface area contributed by atoms with Gasteiger partial charge in [0.25, 0.3) is 5.89 Å². The Bertz CT molecular complexity index is 888. The van der Waals surface area contributed by atoms with Crippen LogP contribution < -0.4 is 0 Å². The Morgan fingerprint density at radius 2 is 1.87 bits per heavy atom. The lowest BCUT2D eigenvalue weighted by Gasteiger charge is -2.40. The smallest absolute Gasteiger partial charge is 0.257 e.